The first-order chi connectivity index (χ1) is 12.8. The summed E-state index contributed by atoms with van der Waals surface area (Å²) in [6.07, 6.45) is 0. The third-order valence-corrected chi connectivity index (χ3v) is 3.85. The summed E-state index contributed by atoms with van der Waals surface area (Å²) in [5.74, 6) is -2.88. The Hall–Kier alpha value is -2.96. The highest BCUT2D eigenvalue weighted by Crippen LogP contribution is 2.19. The Morgan fingerprint density at radius 1 is 1.07 bits per heavy atom. The van der Waals surface area contributed by atoms with Gasteiger partial charge in [0.25, 0.3) is 5.91 Å². The van der Waals surface area contributed by atoms with E-state index in [4.69, 9.17) is 4.74 Å². The van der Waals surface area contributed by atoms with Gasteiger partial charge in [-0.05, 0) is 37.1 Å². The number of hydrogen-bond donors (Lipinski definition) is 2. The number of rotatable bonds is 7. The fourth-order valence-electron chi connectivity index (χ4n) is 2.48. The number of amides is 2. The SMILES string of the molecule is CCOc1ccccc1C(=O)N[C@H](C(=O)Nc1ccc(F)c(F)c1)C(C)C. The van der Waals surface area contributed by atoms with E-state index in [0.717, 1.165) is 12.1 Å². The summed E-state index contributed by atoms with van der Waals surface area (Å²) in [4.78, 5) is 25.2. The molecule has 0 heterocycles. The molecule has 0 bridgehead atoms. The van der Waals surface area contributed by atoms with E-state index in [1.807, 2.05) is 0 Å². The average Bonchev–Trinajstić information content (AvgIpc) is 2.63. The molecule has 0 radical (unpaired) electrons. The van der Waals surface area contributed by atoms with Crippen molar-refractivity contribution >= 4 is 17.5 Å². The summed E-state index contributed by atoms with van der Waals surface area (Å²) in [6, 6.07) is 8.90. The normalized spacial score (nSPS) is 11.8. The molecule has 2 amide bonds. The van der Waals surface area contributed by atoms with Crippen LogP contribution >= 0.6 is 0 Å². The minimum absolute atomic E-state index is 0.105. The minimum Gasteiger partial charge on any atom is -0.493 e. The van der Waals surface area contributed by atoms with Gasteiger partial charge >= 0.3 is 0 Å². The summed E-state index contributed by atoms with van der Waals surface area (Å²) >= 11 is 0. The van der Waals surface area contributed by atoms with Crippen molar-refractivity contribution in [1.82, 2.24) is 5.32 Å². The van der Waals surface area contributed by atoms with Crippen molar-refractivity contribution in [3.8, 4) is 5.75 Å². The van der Waals surface area contributed by atoms with Crippen LogP contribution in [0.3, 0.4) is 0 Å². The van der Waals surface area contributed by atoms with Gasteiger partial charge in [0, 0.05) is 11.8 Å². The van der Waals surface area contributed by atoms with Crippen LogP contribution in [-0.4, -0.2) is 24.5 Å². The van der Waals surface area contributed by atoms with Gasteiger partial charge in [0.1, 0.15) is 11.8 Å². The molecule has 7 heteroatoms. The zero-order valence-corrected chi connectivity index (χ0v) is 15.4. The standard InChI is InChI=1S/C20H22F2N2O3/c1-4-27-17-8-6-5-7-14(17)19(25)24-18(12(2)3)20(26)23-13-9-10-15(21)16(22)11-13/h5-12,18H,4H2,1-3H3,(H,23,26)(H,24,25)/t18-/m0/s1. The van der Waals surface area contributed by atoms with E-state index in [-0.39, 0.29) is 11.6 Å². The first-order valence-electron chi connectivity index (χ1n) is 8.62. The predicted molar refractivity (Wildman–Crippen MR) is 98.7 cm³/mol. The van der Waals surface area contributed by atoms with Crippen molar-refractivity contribution in [2.24, 2.45) is 5.92 Å². The maximum absolute atomic E-state index is 13.3. The van der Waals surface area contributed by atoms with Gasteiger partial charge < -0.3 is 15.4 Å². The van der Waals surface area contributed by atoms with Gasteiger partial charge in [0.2, 0.25) is 5.91 Å². The highest BCUT2D eigenvalue weighted by molar-refractivity contribution is 6.02. The predicted octanol–water partition coefficient (Wildman–Crippen LogP) is 3.76. The van der Waals surface area contributed by atoms with Gasteiger partial charge in [-0.15, -0.1) is 0 Å². The number of ether oxygens (including phenoxy) is 1. The van der Waals surface area contributed by atoms with Crippen LogP contribution in [0, 0.1) is 17.6 Å². The first kappa shape index (κ1) is 20.4. The average molecular weight is 376 g/mol. The number of carbonyl (C=O) groups is 2. The van der Waals surface area contributed by atoms with E-state index in [0.29, 0.717) is 17.9 Å². The second kappa shape index (κ2) is 9.12. The van der Waals surface area contributed by atoms with Gasteiger partial charge in [-0.25, -0.2) is 8.78 Å². The zero-order chi connectivity index (χ0) is 20.0. The van der Waals surface area contributed by atoms with Crippen LogP contribution in [-0.2, 0) is 4.79 Å². The van der Waals surface area contributed by atoms with Crippen LogP contribution in [0.25, 0.3) is 0 Å². The maximum Gasteiger partial charge on any atom is 0.255 e. The lowest BCUT2D eigenvalue weighted by atomic mass is 10.0. The largest absolute Gasteiger partial charge is 0.493 e. The van der Waals surface area contributed by atoms with E-state index in [9.17, 15) is 18.4 Å². The van der Waals surface area contributed by atoms with Crippen molar-refractivity contribution < 1.29 is 23.1 Å². The monoisotopic (exact) mass is 376 g/mol. The topological polar surface area (TPSA) is 67.4 Å². The molecule has 0 saturated carbocycles. The Morgan fingerprint density at radius 3 is 2.41 bits per heavy atom. The quantitative estimate of drug-likeness (QED) is 0.773. The number of carbonyl (C=O) groups excluding carboxylic acids is 2. The molecule has 2 N–H and O–H groups in total. The van der Waals surface area contributed by atoms with Crippen molar-refractivity contribution in [2.75, 3.05) is 11.9 Å². The van der Waals surface area contributed by atoms with Crippen molar-refractivity contribution in [1.29, 1.82) is 0 Å². The van der Waals surface area contributed by atoms with Crippen LogP contribution in [0.4, 0.5) is 14.5 Å². The molecule has 0 saturated heterocycles. The highest BCUT2D eigenvalue weighted by Gasteiger charge is 2.26. The molecule has 2 aromatic carbocycles. The molecule has 0 aliphatic heterocycles. The molecular weight excluding hydrogens is 354 g/mol. The second-order valence-corrected chi connectivity index (χ2v) is 6.24. The van der Waals surface area contributed by atoms with Crippen LogP contribution in [0.15, 0.2) is 42.5 Å². The fraction of sp³-hybridized carbons (Fsp3) is 0.300. The van der Waals surface area contributed by atoms with Crippen LogP contribution in [0.1, 0.15) is 31.1 Å². The number of para-hydroxylation sites is 1. The number of anilines is 1. The van der Waals surface area contributed by atoms with Crippen LogP contribution in [0.2, 0.25) is 0 Å². The Kier molecular flexibility index (Phi) is 6.87. The third kappa shape index (κ3) is 5.26. The summed E-state index contributed by atoms with van der Waals surface area (Å²) in [5, 5.41) is 5.18. The number of benzene rings is 2. The van der Waals surface area contributed by atoms with E-state index >= 15 is 0 Å². The number of nitrogens with one attached hydrogen (secondary N) is 2. The first-order valence-corrected chi connectivity index (χ1v) is 8.62. The molecule has 2 aromatic rings. The summed E-state index contributed by atoms with van der Waals surface area (Å²) in [5.41, 5.74) is 0.416. The molecule has 144 valence electrons. The van der Waals surface area contributed by atoms with E-state index in [2.05, 4.69) is 10.6 Å². The van der Waals surface area contributed by atoms with Crippen molar-refractivity contribution in [3.63, 3.8) is 0 Å². The van der Waals surface area contributed by atoms with Crippen molar-refractivity contribution in [2.45, 2.75) is 26.8 Å². The van der Waals surface area contributed by atoms with E-state index in [1.165, 1.54) is 6.07 Å². The molecular formula is C20H22F2N2O3. The maximum atomic E-state index is 13.3. The molecule has 2 rings (SSSR count). The number of hydrogen-bond acceptors (Lipinski definition) is 3. The Labute approximate surface area is 156 Å². The van der Waals surface area contributed by atoms with Gasteiger partial charge in [0.05, 0.1) is 12.2 Å². The van der Waals surface area contributed by atoms with Crippen LogP contribution < -0.4 is 15.4 Å². The molecule has 0 fully saturated rings. The van der Waals surface area contributed by atoms with E-state index in [1.54, 1.807) is 45.0 Å². The van der Waals surface area contributed by atoms with Crippen LogP contribution in [0.5, 0.6) is 5.75 Å². The molecule has 0 aromatic heterocycles. The molecule has 0 aliphatic carbocycles. The van der Waals surface area contributed by atoms with Gasteiger partial charge in [-0.2, -0.15) is 0 Å². The summed E-state index contributed by atoms with van der Waals surface area (Å²) in [7, 11) is 0. The lowest BCUT2D eigenvalue weighted by molar-refractivity contribution is -0.118. The second-order valence-electron chi connectivity index (χ2n) is 6.24. The molecule has 0 spiro atoms. The molecule has 27 heavy (non-hydrogen) atoms. The fourth-order valence-corrected chi connectivity index (χ4v) is 2.48. The Bertz CT molecular complexity index is 825. The Balaban J connectivity index is 2.16. The molecule has 5 nitrogen and oxygen atoms in total. The lowest BCUT2D eigenvalue weighted by Gasteiger charge is -2.22. The minimum atomic E-state index is -1.07. The third-order valence-electron chi connectivity index (χ3n) is 3.85. The number of halogens is 2. The summed E-state index contributed by atoms with van der Waals surface area (Å²) in [6.45, 7) is 5.74. The van der Waals surface area contributed by atoms with Crippen molar-refractivity contribution in [3.05, 3.63) is 59.7 Å². The molecule has 0 aliphatic rings. The lowest BCUT2D eigenvalue weighted by Crippen LogP contribution is -2.47. The zero-order valence-electron chi connectivity index (χ0n) is 15.4. The molecule has 0 unspecified atom stereocenters. The van der Waals surface area contributed by atoms with Gasteiger partial charge in [-0.1, -0.05) is 26.0 Å². The van der Waals surface area contributed by atoms with Gasteiger partial charge in [-0.3, -0.25) is 9.59 Å². The smallest absolute Gasteiger partial charge is 0.255 e. The van der Waals surface area contributed by atoms with Gasteiger partial charge in [0.15, 0.2) is 11.6 Å². The van der Waals surface area contributed by atoms with E-state index < -0.39 is 29.5 Å². The Morgan fingerprint density at radius 2 is 1.78 bits per heavy atom. The summed E-state index contributed by atoms with van der Waals surface area (Å²) < 4.78 is 31.8. The highest BCUT2D eigenvalue weighted by atomic mass is 19.2. The molecule has 1 atom stereocenters.